The van der Waals surface area contributed by atoms with E-state index in [4.69, 9.17) is 5.11 Å². The molecule has 1 atom stereocenters. The van der Waals surface area contributed by atoms with Crippen molar-refractivity contribution >= 4 is 5.97 Å². The lowest BCUT2D eigenvalue weighted by Crippen LogP contribution is -2.25. The Morgan fingerprint density at radius 2 is 2.44 bits per heavy atom. The van der Waals surface area contributed by atoms with E-state index >= 15 is 0 Å². The molecule has 5 heteroatoms. The van der Waals surface area contributed by atoms with Gasteiger partial charge in [0.05, 0.1) is 11.3 Å². The molecule has 1 fully saturated rings. The van der Waals surface area contributed by atoms with Crippen LogP contribution in [-0.2, 0) is 6.54 Å². The summed E-state index contributed by atoms with van der Waals surface area (Å²) in [7, 11) is 2.15. The smallest absolute Gasteiger partial charge is 0.337 e. The molecule has 0 saturated carbocycles. The minimum atomic E-state index is -0.934. The van der Waals surface area contributed by atoms with Crippen molar-refractivity contribution < 1.29 is 9.90 Å². The maximum Gasteiger partial charge on any atom is 0.337 e. The number of hydrogen-bond acceptors (Lipinski definition) is 4. The monoisotopic (exact) mass is 249 g/mol. The fourth-order valence-electron chi connectivity index (χ4n) is 2.25. The van der Waals surface area contributed by atoms with Gasteiger partial charge in [0.25, 0.3) is 0 Å². The van der Waals surface area contributed by atoms with Gasteiger partial charge in [-0.25, -0.2) is 4.79 Å². The molecule has 2 heterocycles. The van der Waals surface area contributed by atoms with E-state index in [1.807, 2.05) is 0 Å². The standard InChI is InChI=1S/C13H19N3O2/c1-16-5-4-10(9-16)6-14-8-12-3-2-11(7-15-12)13(17)18/h2-3,7,10,14H,4-6,8-9H2,1H3,(H,17,18). The Bertz CT molecular complexity index is 405. The second-order valence-corrected chi connectivity index (χ2v) is 4.89. The molecule has 0 spiro atoms. The van der Waals surface area contributed by atoms with E-state index < -0.39 is 5.97 Å². The molecule has 2 N–H and O–H groups in total. The third kappa shape index (κ3) is 3.51. The molecule has 98 valence electrons. The summed E-state index contributed by atoms with van der Waals surface area (Å²) in [5.41, 5.74) is 1.11. The minimum absolute atomic E-state index is 0.233. The van der Waals surface area contributed by atoms with Crippen molar-refractivity contribution in [2.75, 3.05) is 26.7 Å². The molecular weight excluding hydrogens is 230 g/mol. The van der Waals surface area contributed by atoms with Crippen molar-refractivity contribution in [2.45, 2.75) is 13.0 Å². The average molecular weight is 249 g/mol. The predicted octanol–water partition coefficient (Wildman–Crippen LogP) is 0.821. The number of rotatable bonds is 5. The van der Waals surface area contributed by atoms with Crippen LogP contribution in [0.3, 0.4) is 0 Å². The predicted molar refractivity (Wildman–Crippen MR) is 68.5 cm³/mol. The molecule has 0 bridgehead atoms. The largest absolute Gasteiger partial charge is 0.478 e. The highest BCUT2D eigenvalue weighted by Gasteiger charge is 2.18. The summed E-state index contributed by atoms with van der Waals surface area (Å²) in [4.78, 5) is 17.1. The quantitative estimate of drug-likeness (QED) is 0.809. The van der Waals surface area contributed by atoms with E-state index in [2.05, 4.69) is 22.2 Å². The molecule has 1 unspecified atom stereocenters. The van der Waals surface area contributed by atoms with Gasteiger partial charge in [-0.05, 0) is 44.6 Å². The maximum absolute atomic E-state index is 10.7. The lowest BCUT2D eigenvalue weighted by atomic mass is 10.1. The van der Waals surface area contributed by atoms with Gasteiger partial charge in [0, 0.05) is 19.3 Å². The van der Waals surface area contributed by atoms with Crippen LogP contribution in [0.25, 0.3) is 0 Å². The number of aromatic nitrogens is 1. The number of aromatic carboxylic acids is 1. The molecular formula is C13H19N3O2. The van der Waals surface area contributed by atoms with E-state index in [-0.39, 0.29) is 5.56 Å². The molecule has 1 aliphatic heterocycles. The first-order valence-corrected chi connectivity index (χ1v) is 6.22. The van der Waals surface area contributed by atoms with Crippen molar-refractivity contribution in [3.8, 4) is 0 Å². The van der Waals surface area contributed by atoms with Gasteiger partial charge in [0.15, 0.2) is 0 Å². The number of nitrogens with one attached hydrogen (secondary N) is 1. The Labute approximate surface area is 107 Å². The minimum Gasteiger partial charge on any atom is -0.478 e. The zero-order valence-electron chi connectivity index (χ0n) is 10.6. The van der Waals surface area contributed by atoms with Gasteiger partial charge in [-0.3, -0.25) is 4.98 Å². The normalized spacial score (nSPS) is 20.2. The molecule has 18 heavy (non-hydrogen) atoms. The number of hydrogen-bond donors (Lipinski definition) is 2. The molecule has 0 amide bonds. The Morgan fingerprint density at radius 1 is 1.61 bits per heavy atom. The van der Waals surface area contributed by atoms with Crippen LogP contribution in [0, 0.1) is 5.92 Å². The number of nitrogens with zero attached hydrogens (tertiary/aromatic N) is 2. The van der Waals surface area contributed by atoms with Crippen molar-refractivity contribution in [1.29, 1.82) is 0 Å². The van der Waals surface area contributed by atoms with Crippen molar-refractivity contribution in [3.05, 3.63) is 29.6 Å². The second kappa shape index (κ2) is 5.93. The molecule has 0 aliphatic carbocycles. The lowest BCUT2D eigenvalue weighted by molar-refractivity contribution is 0.0696. The Balaban J connectivity index is 1.75. The Hall–Kier alpha value is -1.46. The molecule has 5 nitrogen and oxygen atoms in total. The van der Waals surface area contributed by atoms with Gasteiger partial charge in [0.2, 0.25) is 0 Å². The van der Waals surface area contributed by atoms with Crippen LogP contribution < -0.4 is 5.32 Å². The first-order chi connectivity index (χ1) is 8.65. The zero-order chi connectivity index (χ0) is 13.0. The van der Waals surface area contributed by atoms with Crippen LogP contribution >= 0.6 is 0 Å². The number of carbonyl (C=O) groups is 1. The van der Waals surface area contributed by atoms with Gasteiger partial charge in [-0.15, -0.1) is 0 Å². The van der Waals surface area contributed by atoms with Gasteiger partial charge in [0.1, 0.15) is 0 Å². The Kier molecular flexibility index (Phi) is 4.28. The summed E-state index contributed by atoms with van der Waals surface area (Å²) in [6.07, 6.45) is 2.65. The van der Waals surface area contributed by atoms with Gasteiger partial charge in [-0.2, -0.15) is 0 Å². The van der Waals surface area contributed by atoms with Gasteiger partial charge in [-0.1, -0.05) is 0 Å². The highest BCUT2D eigenvalue weighted by Crippen LogP contribution is 2.12. The first-order valence-electron chi connectivity index (χ1n) is 6.22. The topological polar surface area (TPSA) is 65.5 Å². The summed E-state index contributed by atoms with van der Waals surface area (Å²) in [5.74, 6) is -0.218. The third-order valence-electron chi connectivity index (χ3n) is 3.30. The number of pyridine rings is 1. The van der Waals surface area contributed by atoms with E-state index in [9.17, 15) is 4.79 Å². The molecule has 1 saturated heterocycles. The third-order valence-corrected chi connectivity index (χ3v) is 3.30. The molecule has 1 aromatic heterocycles. The summed E-state index contributed by atoms with van der Waals surface area (Å²) < 4.78 is 0. The SMILES string of the molecule is CN1CCC(CNCc2ccc(C(=O)O)cn2)C1. The van der Waals surface area contributed by atoms with E-state index in [0.717, 1.165) is 18.8 Å². The molecule has 0 radical (unpaired) electrons. The molecule has 1 aromatic rings. The van der Waals surface area contributed by atoms with Gasteiger partial charge >= 0.3 is 5.97 Å². The van der Waals surface area contributed by atoms with Crippen molar-refractivity contribution in [2.24, 2.45) is 5.92 Å². The summed E-state index contributed by atoms with van der Waals surface area (Å²) in [6, 6.07) is 3.35. The molecule has 2 rings (SSSR count). The fourth-order valence-corrected chi connectivity index (χ4v) is 2.25. The van der Waals surface area contributed by atoms with Gasteiger partial charge < -0.3 is 15.3 Å². The van der Waals surface area contributed by atoms with Crippen molar-refractivity contribution in [1.82, 2.24) is 15.2 Å². The van der Waals surface area contributed by atoms with E-state index in [1.54, 1.807) is 12.1 Å². The first kappa shape index (κ1) is 13.0. The maximum atomic E-state index is 10.7. The summed E-state index contributed by atoms with van der Waals surface area (Å²) >= 11 is 0. The van der Waals surface area contributed by atoms with Crippen LogP contribution in [0.5, 0.6) is 0 Å². The van der Waals surface area contributed by atoms with Crippen molar-refractivity contribution in [3.63, 3.8) is 0 Å². The highest BCUT2D eigenvalue weighted by molar-refractivity contribution is 5.87. The van der Waals surface area contributed by atoms with Crippen LogP contribution in [0.1, 0.15) is 22.5 Å². The lowest BCUT2D eigenvalue weighted by Gasteiger charge is -2.11. The van der Waals surface area contributed by atoms with Crippen LogP contribution in [0.4, 0.5) is 0 Å². The van der Waals surface area contributed by atoms with Crippen LogP contribution in [-0.4, -0.2) is 47.6 Å². The average Bonchev–Trinajstić information content (AvgIpc) is 2.76. The van der Waals surface area contributed by atoms with Crippen LogP contribution in [0.15, 0.2) is 18.3 Å². The fraction of sp³-hybridized carbons (Fsp3) is 0.538. The van der Waals surface area contributed by atoms with Crippen LogP contribution in [0.2, 0.25) is 0 Å². The highest BCUT2D eigenvalue weighted by atomic mass is 16.4. The second-order valence-electron chi connectivity index (χ2n) is 4.89. The zero-order valence-corrected chi connectivity index (χ0v) is 10.6. The number of carboxylic acids is 1. The summed E-state index contributed by atoms with van der Waals surface area (Å²) in [5, 5.41) is 12.1. The molecule has 0 aromatic carbocycles. The Morgan fingerprint density at radius 3 is 3.00 bits per heavy atom. The van der Waals surface area contributed by atoms with E-state index in [1.165, 1.54) is 19.2 Å². The van der Waals surface area contributed by atoms with E-state index in [0.29, 0.717) is 12.5 Å². The summed E-state index contributed by atoms with van der Waals surface area (Å²) in [6.45, 7) is 4.02. The molecule has 1 aliphatic rings. The number of carboxylic acid groups (broad SMARTS) is 1. The number of likely N-dealkylation sites (tertiary alicyclic amines) is 1.